The number of aromatic carboxylic acids is 1. The molecule has 3 rings (SSSR count). The van der Waals surface area contributed by atoms with E-state index in [1.165, 1.54) is 9.80 Å². The van der Waals surface area contributed by atoms with Crippen molar-refractivity contribution in [3.63, 3.8) is 0 Å². The van der Waals surface area contributed by atoms with Crippen LogP contribution in [0.1, 0.15) is 67.9 Å². The van der Waals surface area contributed by atoms with Crippen molar-refractivity contribution in [1.29, 1.82) is 0 Å². The molecule has 0 unspecified atom stereocenters. The van der Waals surface area contributed by atoms with Crippen molar-refractivity contribution in [2.75, 3.05) is 24.5 Å². The number of anilines is 1. The molecular formula is C24H32N2O5S. The molecule has 2 heterocycles. The van der Waals surface area contributed by atoms with Crippen molar-refractivity contribution in [3.05, 3.63) is 15.8 Å². The first-order chi connectivity index (χ1) is 14.9. The lowest BCUT2D eigenvalue weighted by Crippen LogP contribution is -2.56. The van der Waals surface area contributed by atoms with E-state index in [-0.39, 0.29) is 53.3 Å². The number of carboxylic acid groups (broad SMARTS) is 1. The molecule has 1 aliphatic heterocycles. The van der Waals surface area contributed by atoms with Gasteiger partial charge in [0.1, 0.15) is 11.4 Å². The first-order valence-electron chi connectivity index (χ1n) is 11.1. The van der Waals surface area contributed by atoms with E-state index in [9.17, 15) is 24.6 Å². The number of hydrogen-bond acceptors (Lipinski definition) is 5. The number of thiophene rings is 1. The topological polar surface area (TPSA) is 98.2 Å². The van der Waals surface area contributed by atoms with E-state index in [2.05, 4.69) is 18.8 Å². The van der Waals surface area contributed by atoms with E-state index in [1.54, 1.807) is 6.07 Å². The SMILES string of the molecule is CC1CCC(C(=O)N(CC(=O)N2CC(O)C2)c2cc(C#CC(C)(C)C)sc2C(=O)O)CC1. The molecule has 174 valence electrons. The minimum atomic E-state index is -1.14. The van der Waals surface area contributed by atoms with Crippen LogP contribution >= 0.6 is 11.3 Å². The fourth-order valence-electron chi connectivity index (χ4n) is 3.95. The number of hydrogen-bond donors (Lipinski definition) is 2. The van der Waals surface area contributed by atoms with Gasteiger partial charge < -0.3 is 20.0 Å². The summed E-state index contributed by atoms with van der Waals surface area (Å²) in [6, 6.07) is 1.62. The Morgan fingerprint density at radius 3 is 2.34 bits per heavy atom. The Labute approximate surface area is 193 Å². The zero-order chi connectivity index (χ0) is 23.6. The molecule has 0 spiro atoms. The lowest BCUT2D eigenvalue weighted by atomic mass is 9.82. The molecular weight excluding hydrogens is 428 g/mol. The molecule has 2 N–H and O–H groups in total. The van der Waals surface area contributed by atoms with Crippen molar-refractivity contribution in [2.24, 2.45) is 17.3 Å². The monoisotopic (exact) mass is 460 g/mol. The van der Waals surface area contributed by atoms with Crippen LogP contribution in [0, 0.1) is 29.1 Å². The molecule has 1 aromatic heterocycles. The van der Waals surface area contributed by atoms with Gasteiger partial charge in [-0.25, -0.2) is 4.79 Å². The summed E-state index contributed by atoms with van der Waals surface area (Å²) in [7, 11) is 0. The number of nitrogens with zero attached hydrogens (tertiary/aromatic N) is 2. The zero-order valence-corrected chi connectivity index (χ0v) is 20.0. The molecule has 0 aromatic carbocycles. The van der Waals surface area contributed by atoms with Crippen LogP contribution in [0.5, 0.6) is 0 Å². The van der Waals surface area contributed by atoms with Gasteiger partial charge in [-0.15, -0.1) is 11.3 Å². The highest BCUT2D eigenvalue weighted by Crippen LogP contribution is 2.35. The number of β-amino-alcohol motifs (C(OH)–C–C–N with tert-alkyl or cyclic N) is 1. The second-order valence-electron chi connectivity index (χ2n) is 9.96. The molecule has 2 aliphatic rings. The highest BCUT2D eigenvalue weighted by atomic mass is 32.1. The number of carboxylic acids is 1. The lowest BCUT2D eigenvalue weighted by Gasteiger charge is -2.38. The fraction of sp³-hybridized carbons (Fsp3) is 0.625. The second kappa shape index (κ2) is 9.63. The zero-order valence-electron chi connectivity index (χ0n) is 19.2. The molecule has 2 fully saturated rings. The van der Waals surface area contributed by atoms with Crippen molar-refractivity contribution in [1.82, 2.24) is 4.90 Å². The van der Waals surface area contributed by atoms with E-state index < -0.39 is 12.1 Å². The molecule has 8 heteroatoms. The van der Waals surface area contributed by atoms with E-state index >= 15 is 0 Å². The summed E-state index contributed by atoms with van der Waals surface area (Å²) >= 11 is 1.02. The van der Waals surface area contributed by atoms with Crippen LogP contribution in [-0.4, -0.2) is 58.6 Å². The number of likely N-dealkylation sites (tertiary alicyclic amines) is 1. The Balaban J connectivity index is 1.94. The van der Waals surface area contributed by atoms with Gasteiger partial charge in [-0.1, -0.05) is 18.8 Å². The minimum Gasteiger partial charge on any atom is -0.477 e. The van der Waals surface area contributed by atoms with Gasteiger partial charge >= 0.3 is 5.97 Å². The standard InChI is InChI=1S/C24H32N2O5S/c1-15-5-7-16(8-6-15)22(29)26(14-20(28)25-12-17(27)13-25)19-11-18(9-10-24(2,3)4)32-21(19)23(30)31/h11,15-17,27H,5-8,12-14H2,1-4H3,(H,30,31). The van der Waals surface area contributed by atoms with E-state index in [4.69, 9.17) is 0 Å². The predicted octanol–water partition coefficient (Wildman–Crippen LogP) is 3.21. The van der Waals surface area contributed by atoms with Gasteiger partial charge in [-0.3, -0.25) is 9.59 Å². The Morgan fingerprint density at radius 2 is 1.81 bits per heavy atom. The van der Waals surface area contributed by atoms with Crippen LogP contribution in [0.15, 0.2) is 6.07 Å². The number of rotatable bonds is 5. The van der Waals surface area contributed by atoms with E-state index in [1.807, 2.05) is 20.8 Å². The Hall–Kier alpha value is -2.37. The van der Waals surface area contributed by atoms with Crippen LogP contribution in [0.2, 0.25) is 0 Å². The normalized spacial score (nSPS) is 21.3. The molecule has 0 atom stereocenters. The van der Waals surface area contributed by atoms with Gasteiger partial charge in [0.05, 0.1) is 16.7 Å². The molecule has 32 heavy (non-hydrogen) atoms. The lowest BCUT2D eigenvalue weighted by molar-refractivity contribution is -0.141. The molecule has 2 amide bonds. The van der Waals surface area contributed by atoms with E-state index in [0.29, 0.717) is 10.8 Å². The minimum absolute atomic E-state index is 0.0113. The van der Waals surface area contributed by atoms with Crippen LogP contribution in [0.4, 0.5) is 5.69 Å². The largest absolute Gasteiger partial charge is 0.477 e. The molecule has 7 nitrogen and oxygen atoms in total. The first kappa shape index (κ1) is 24.3. The van der Waals surface area contributed by atoms with Crippen LogP contribution in [0.25, 0.3) is 0 Å². The van der Waals surface area contributed by atoms with Crippen molar-refractivity contribution in [2.45, 2.75) is 59.5 Å². The number of aliphatic hydroxyl groups is 1. The molecule has 0 bridgehead atoms. The highest BCUT2D eigenvalue weighted by Gasteiger charge is 2.36. The Bertz CT molecular complexity index is 938. The Morgan fingerprint density at radius 1 is 1.19 bits per heavy atom. The van der Waals surface area contributed by atoms with E-state index in [0.717, 1.165) is 37.0 Å². The van der Waals surface area contributed by atoms with Gasteiger partial charge in [-0.2, -0.15) is 0 Å². The van der Waals surface area contributed by atoms with Crippen molar-refractivity contribution < 1.29 is 24.6 Å². The predicted molar refractivity (Wildman–Crippen MR) is 124 cm³/mol. The maximum atomic E-state index is 13.5. The van der Waals surface area contributed by atoms with Gasteiger partial charge in [0.2, 0.25) is 11.8 Å². The van der Waals surface area contributed by atoms with Crippen LogP contribution in [0.3, 0.4) is 0 Å². The molecule has 1 aliphatic carbocycles. The highest BCUT2D eigenvalue weighted by molar-refractivity contribution is 7.15. The quantitative estimate of drug-likeness (QED) is 0.658. The van der Waals surface area contributed by atoms with Crippen LogP contribution in [-0.2, 0) is 9.59 Å². The fourth-order valence-corrected chi connectivity index (χ4v) is 4.80. The van der Waals surface area contributed by atoms with Crippen LogP contribution < -0.4 is 4.90 Å². The molecule has 0 radical (unpaired) electrons. The smallest absolute Gasteiger partial charge is 0.348 e. The van der Waals surface area contributed by atoms with Gasteiger partial charge in [-0.05, 0) is 58.4 Å². The summed E-state index contributed by atoms with van der Waals surface area (Å²) in [5.74, 6) is 4.81. The number of carbonyl (C=O) groups is 3. The second-order valence-corrected chi connectivity index (χ2v) is 11.0. The Kier molecular flexibility index (Phi) is 7.31. The molecule has 1 aromatic rings. The average Bonchev–Trinajstić information content (AvgIpc) is 3.12. The maximum absolute atomic E-state index is 13.5. The molecule has 1 saturated carbocycles. The number of aliphatic hydroxyl groups excluding tert-OH is 1. The maximum Gasteiger partial charge on any atom is 0.348 e. The van der Waals surface area contributed by atoms with Crippen molar-refractivity contribution >= 4 is 34.8 Å². The van der Waals surface area contributed by atoms with Gasteiger partial charge in [0.25, 0.3) is 0 Å². The third-order valence-electron chi connectivity index (χ3n) is 5.90. The summed E-state index contributed by atoms with van der Waals surface area (Å²) < 4.78 is 0. The summed E-state index contributed by atoms with van der Waals surface area (Å²) in [6.07, 6.45) is 2.80. The number of carbonyl (C=O) groups excluding carboxylic acids is 2. The summed E-state index contributed by atoms with van der Waals surface area (Å²) in [6.45, 7) is 8.30. The summed E-state index contributed by atoms with van der Waals surface area (Å²) in [5.41, 5.74) is -0.0189. The summed E-state index contributed by atoms with van der Waals surface area (Å²) in [5, 5.41) is 19.3. The average molecular weight is 461 g/mol. The van der Waals surface area contributed by atoms with Gasteiger partial charge in [0.15, 0.2) is 0 Å². The third kappa shape index (κ3) is 5.90. The first-order valence-corrected chi connectivity index (χ1v) is 11.9. The summed E-state index contributed by atoms with van der Waals surface area (Å²) in [4.78, 5) is 41.7. The number of amides is 2. The molecule has 1 saturated heterocycles. The van der Waals surface area contributed by atoms with Gasteiger partial charge in [0, 0.05) is 24.4 Å². The third-order valence-corrected chi connectivity index (χ3v) is 6.93. The van der Waals surface area contributed by atoms with Crippen molar-refractivity contribution in [3.8, 4) is 11.8 Å².